The first kappa shape index (κ1) is 13.1. The van der Waals surface area contributed by atoms with Crippen LogP contribution in [-0.2, 0) is 20.7 Å². The van der Waals surface area contributed by atoms with Gasteiger partial charge in [0.05, 0.1) is 7.11 Å². The molecule has 1 aliphatic carbocycles. The van der Waals surface area contributed by atoms with E-state index in [1.54, 1.807) is 6.07 Å². The maximum Gasteiger partial charge on any atom is 0.316 e. The summed E-state index contributed by atoms with van der Waals surface area (Å²) in [6.07, 6.45) is 2.09. The molecule has 1 atom stereocenters. The quantitative estimate of drug-likeness (QED) is 0.608. The summed E-state index contributed by atoms with van der Waals surface area (Å²) in [5, 5.41) is 0.579. The molecule has 0 spiro atoms. The Bertz CT molecular complexity index is 466. The van der Waals surface area contributed by atoms with Crippen molar-refractivity contribution in [3.8, 4) is 0 Å². The summed E-state index contributed by atoms with van der Waals surface area (Å²) < 4.78 is 4.72. The van der Waals surface area contributed by atoms with E-state index < -0.39 is 11.9 Å². The Morgan fingerprint density at radius 1 is 1.39 bits per heavy atom. The van der Waals surface area contributed by atoms with Gasteiger partial charge in [0.1, 0.15) is 5.92 Å². The lowest BCUT2D eigenvalue weighted by molar-refractivity contribution is -0.149. The van der Waals surface area contributed by atoms with Gasteiger partial charge < -0.3 is 4.74 Å². The number of hydrogen-bond donors (Lipinski definition) is 0. The second-order valence-corrected chi connectivity index (χ2v) is 4.96. The molecule has 0 bridgehead atoms. The molecule has 3 nitrogen and oxygen atoms in total. The third kappa shape index (κ3) is 2.91. The zero-order valence-corrected chi connectivity index (χ0v) is 10.9. The van der Waals surface area contributed by atoms with Crippen LogP contribution in [0.1, 0.15) is 18.4 Å². The lowest BCUT2D eigenvalue weighted by Gasteiger charge is -2.14. The van der Waals surface area contributed by atoms with Crippen molar-refractivity contribution in [2.24, 2.45) is 11.8 Å². The van der Waals surface area contributed by atoms with Crippen molar-refractivity contribution in [2.75, 3.05) is 7.11 Å². The molecule has 0 radical (unpaired) electrons. The highest BCUT2D eigenvalue weighted by atomic mass is 35.5. The van der Waals surface area contributed by atoms with Gasteiger partial charge in [0.15, 0.2) is 5.78 Å². The molecule has 2 rings (SSSR count). The van der Waals surface area contributed by atoms with Crippen LogP contribution in [0, 0.1) is 11.8 Å². The van der Waals surface area contributed by atoms with E-state index in [1.165, 1.54) is 7.11 Å². The number of ether oxygens (including phenoxy) is 1. The zero-order chi connectivity index (χ0) is 13.1. The SMILES string of the molecule is COC(=O)C(Cc1ccccc1Cl)C(=O)C1CC1. The largest absolute Gasteiger partial charge is 0.468 e. The molecule has 0 aliphatic heterocycles. The molecule has 1 fully saturated rings. The fourth-order valence-corrected chi connectivity index (χ4v) is 2.19. The molecule has 4 heteroatoms. The molecule has 0 saturated heterocycles. The van der Waals surface area contributed by atoms with Crippen LogP contribution in [0.5, 0.6) is 0 Å². The fourth-order valence-electron chi connectivity index (χ4n) is 1.98. The standard InChI is InChI=1S/C14H15ClO3/c1-18-14(17)11(13(16)9-6-7-9)8-10-4-2-3-5-12(10)15/h2-5,9,11H,6-8H2,1H3. The lowest BCUT2D eigenvalue weighted by atomic mass is 9.93. The Kier molecular flexibility index (Phi) is 4.02. The Hall–Kier alpha value is -1.35. The van der Waals surface area contributed by atoms with Gasteiger partial charge in [0.25, 0.3) is 0 Å². The van der Waals surface area contributed by atoms with Crippen molar-refractivity contribution in [3.05, 3.63) is 34.9 Å². The maximum atomic E-state index is 12.1. The van der Waals surface area contributed by atoms with Gasteiger partial charge in [-0.3, -0.25) is 9.59 Å². The van der Waals surface area contributed by atoms with E-state index in [1.807, 2.05) is 18.2 Å². The summed E-state index contributed by atoms with van der Waals surface area (Å²) in [5.74, 6) is -1.16. The van der Waals surface area contributed by atoms with Crippen LogP contribution in [-0.4, -0.2) is 18.9 Å². The van der Waals surface area contributed by atoms with E-state index in [2.05, 4.69) is 0 Å². The monoisotopic (exact) mass is 266 g/mol. The normalized spacial score (nSPS) is 16.1. The summed E-state index contributed by atoms with van der Waals surface area (Å²) in [6, 6.07) is 7.25. The van der Waals surface area contributed by atoms with Gasteiger partial charge in [-0.25, -0.2) is 0 Å². The van der Waals surface area contributed by atoms with Gasteiger partial charge in [0.2, 0.25) is 0 Å². The smallest absolute Gasteiger partial charge is 0.316 e. The summed E-state index contributed by atoms with van der Waals surface area (Å²) >= 11 is 6.05. The number of ketones is 1. The molecule has 1 aliphatic rings. The molecule has 1 aromatic rings. The van der Waals surface area contributed by atoms with Crippen molar-refractivity contribution >= 4 is 23.4 Å². The third-order valence-electron chi connectivity index (χ3n) is 3.19. The first-order chi connectivity index (χ1) is 8.63. The average Bonchev–Trinajstić information content (AvgIpc) is 3.20. The van der Waals surface area contributed by atoms with Crippen LogP contribution in [0.2, 0.25) is 5.02 Å². The summed E-state index contributed by atoms with van der Waals surface area (Å²) in [6.45, 7) is 0. The van der Waals surface area contributed by atoms with Crippen LogP contribution in [0.15, 0.2) is 24.3 Å². The Morgan fingerprint density at radius 2 is 2.06 bits per heavy atom. The molecule has 1 unspecified atom stereocenters. The van der Waals surface area contributed by atoms with Crippen molar-refractivity contribution in [2.45, 2.75) is 19.3 Å². The van der Waals surface area contributed by atoms with Crippen LogP contribution in [0.3, 0.4) is 0 Å². The number of carbonyl (C=O) groups excluding carboxylic acids is 2. The van der Waals surface area contributed by atoms with E-state index in [9.17, 15) is 9.59 Å². The molecule has 96 valence electrons. The number of Topliss-reactive ketones (excluding diaryl/α,β-unsaturated/α-hetero) is 1. The lowest BCUT2D eigenvalue weighted by Crippen LogP contribution is -2.28. The Morgan fingerprint density at radius 3 is 2.61 bits per heavy atom. The fraction of sp³-hybridized carbons (Fsp3) is 0.429. The minimum absolute atomic E-state index is 0.0123. The summed E-state index contributed by atoms with van der Waals surface area (Å²) in [4.78, 5) is 23.8. The predicted octanol–water partition coefficient (Wildman–Crippen LogP) is 2.65. The number of carbonyl (C=O) groups is 2. The van der Waals surface area contributed by atoms with Crippen LogP contribution >= 0.6 is 11.6 Å². The molecule has 18 heavy (non-hydrogen) atoms. The van der Waals surface area contributed by atoms with Crippen molar-refractivity contribution in [3.63, 3.8) is 0 Å². The van der Waals surface area contributed by atoms with Gasteiger partial charge in [0, 0.05) is 10.9 Å². The van der Waals surface area contributed by atoms with Gasteiger partial charge in [-0.2, -0.15) is 0 Å². The van der Waals surface area contributed by atoms with E-state index in [0.29, 0.717) is 11.4 Å². The average molecular weight is 267 g/mol. The third-order valence-corrected chi connectivity index (χ3v) is 3.56. The van der Waals surface area contributed by atoms with Crippen LogP contribution < -0.4 is 0 Å². The zero-order valence-electron chi connectivity index (χ0n) is 10.2. The highest BCUT2D eigenvalue weighted by Crippen LogP contribution is 2.34. The van der Waals surface area contributed by atoms with Gasteiger partial charge >= 0.3 is 5.97 Å². The summed E-state index contributed by atoms with van der Waals surface area (Å²) in [5.41, 5.74) is 0.809. The van der Waals surface area contributed by atoms with Crippen LogP contribution in [0.4, 0.5) is 0 Å². The highest BCUT2D eigenvalue weighted by molar-refractivity contribution is 6.31. The number of halogens is 1. The van der Waals surface area contributed by atoms with Gasteiger partial charge in [-0.1, -0.05) is 29.8 Å². The first-order valence-electron chi connectivity index (χ1n) is 5.98. The van der Waals surface area contributed by atoms with E-state index in [0.717, 1.165) is 18.4 Å². The van der Waals surface area contributed by atoms with Crippen molar-refractivity contribution in [1.29, 1.82) is 0 Å². The van der Waals surface area contributed by atoms with Gasteiger partial charge in [-0.05, 0) is 30.9 Å². The highest BCUT2D eigenvalue weighted by Gasteiger charge is 2.39. The topological polar surface area (TPSA) is 43.4 Å². The van der Waals surface area contributed by atoms with E-state index >= 15 is 0 Å². The van der Waals surface area contributed by atoms with Gasteiger partial charge in [-0.15, -0.1) is 0 Å². The maximum absolute atomic E-state index is 12.1. The van der Waals surface area contributed by atoms with E-state index in [4.69, 9.17) is 16.3 Å². The number of methoxy groups -OCH3 is 1. The molecule has 1 saturated carbocycles. The molecule has 0 amide bonds. The minimum Gasteiger partial charge on any atom is -0.468 e. The van der Waals surface area contributed by atoms with Crippen LogP contribution in [0.25, 0.3) is 0 Å². The number of rotatable bonds is 5. The number of hydrogen-bond acceptors (Lipinski definition) is 3. The molecule has 0 aromatic heterocycles. The molecular weight excluding hydrogens is 252 g/mol. The summed E-state index contributed by atoms with van der Waals surface area (Å²) in [7, 11) is 1.31. The predicted molar refractivity (Wildman–Crippen MR) is 68.4 cm³/mol. The number of benzene rings is 1. The van der Waals surface area contributed by atoms with Crippen molar-refractivity contribution < 1.29 is 14.3 Å². The molecule has 0 heterocycles. The Balaban J connectivity index is 2.17. The second-order valence-electron chi connectivity index (χ2n) is 4.55. The number of esters is 1. The molecule has 1 aromatic carbocycles. The second kappa shape index (κ2) is 5.53. The first-order valence-corrected chi connectivity index (χ1v) is 6.36. The minimum atomic E-state index is -0.720. The molecule has 0 N–H and O–H groups in total. The van der Waals surface area contributed by atoms with E-state index in [-0.39, 0.29) is 11.7 Å². The molecular formula is C14H15ClO3. The Labute approximate surface area is 111 Å². The van der Waals surface area contributed by atoms with Crippen molar-refractivity contribution in [1.82, 2.24) is 0 Å².